The number of benzene rings is 2. The van der Waals surface area contributed by atoms with Crippen LogP contribution in [0.15, 0.2) is 83.0 Å². The molecule has 0 aliphatic carbocycles. The number of para-hydroxylation sites is 1. The van der Waals surface area contributed by atoms with Crippen molar-refractivity contribution in [1.29, 1.82) is 0 Å². The third kappa shape index (κ3) is 3.42. The van der Waals surface area contributed by atoms with Crippen LogP contribution in [0.5, 0.6) is 0 Å². The SMILES string of the molecule is Cn1ncc2cccc(S(=O)(=O)c3ccc(CNC(=O)c4cc5cnccc5[nH]4)cc3)c21. The van der Waals surface area contributed by atoms with Crippen LogP contribution in [0.25, 0.3) is 21.8 Å². The van der Waals surface area contributed by atoms with Crippen molar-refractivity contribution in [1.82, 2.24) is 25.1 Å². The minimum Gasteiger partial charge on any atom is -0.350 e. The second kappa shape index (κ2) is 7.61. The number of pyridine rings is 1. The number of carbonyl (C=O) groups excluding carboxylic acids is 1. The predicted molar refractivity (Wildman–Crippen MR) is 120 cm³/mol. The van der Waals surface area contributed by atoms with E-state index in [-0.39, 0.29) is 22.2 Å². The Kier molecular flexibility index (Phi) is 4.75. The average Bonchev–Trinajstić information content (AvgIpc) is 3.41. The molecule has 5 aromatic rings. The second-order valence-electron chi connectivity index (χ2n) is 7.44. The number of hydrogen-bond donors (Lipinski definition) is 2. The van der Waals surface area contributed by atoms with E-state index in [1.807, 2.05) is 6.07 Å². The molecule has 0 radical (unpaired) electrons. The molecule has 5 rings (SSSR count). The maximum atomic E-state index is 13.2. The lowest BCUT2D eigenvalue weighted by Gasteiger charge is -2.09. The molecular formula is C23H19N5O3S. The Morgan fingerprint density at radius 1 is 1.06 bits per heavy atom. The molecule has 0 aliphatic rings. The van der Waals surface area contributed by atoms with Gasteiger partial charge in [0.25, 0.3) is 5.91 Å². The van der Waals surface area contributed by atoms with Gasteiger partial charge in [0.2, 0.25) is 9.84 Å². The van der Waals surface area contributed by atoms with E-state index in [9.17, 15) is 13.2 Å². The minimum absolute atomic E-state index is 0.185. The van der Waals surface area contributed by atoms with Gasteiger partial charge >= 0.3 is 0 Å². The maximum absolute atomic E-state index is 13.2. The van der Waals surface area contributed by atoms with Gasteiger partial charge < -0.3 is 10.3 Å². The molecule has 2 N–H and O–H groups in total. The Morgan fingerprint density at radius 3 is 2.66 bits per heavy atom. The highest BCUT2D eigenvalue weighted by atomic mass is 32.2. The molecule has 0 saturated carbocycles. The molecule has 0 unspecified atom stereocenters. The van der Waals surface area contributed by atoms with Crippen molar-refractivity contribution >= 4 is 37.6 Å². The highest BCUT2D eigenvalue weighted by Gasteiger charge is 2.22. The fourth-order valence-corrected chi connectivity index (χ4v) is 5.21. The summed E-state index contributed by atoms with van der Waals surface area (Å²) < 4.78 is 28.0. The maximum Gasteiger partial charge on any atom is 0.267 e. The van der Waals surface area contributed by atoms with Crippen molar-refractivity contribution in [3.05, 3.63) is 84.4 Å². The molecule has 0 aliphatic heterocycles. The summed E-state index contributed by atoms with van der Waals surface area (Å²) in [5.41, 5.74) is 2.63. The number of sulfone groups is 1. The van der Waals surface area contributed by atoms with Crippen molar-refractivity contribution in [2.75, 3.05) is 0 Å². The normalized spacial score (nSPS) is 11.8. The third-order valence-corrected chi connectivity index (χ3v) is 7.17. The summed E-state index contributed by atoms with van der Waals surface area (Å²) in [4.78, 5) is 20.0. The van der Waals surface area contributed by atoms with Gasteiger partial charge in [0.1, 0.15) is 5.69 Å². The zero-order valence-corrected chi connectivity index (χ0v) is 17.9. The molecule has 2 aromatic carbocycles. The van der Waals surface area contributed by atoms with E-state index in [2.05, 4.69) is 20.4 Å². The molecular weight excluding hydrogens is 426 g/mol. The fourth-order valence-electron chi connectivity index (χ4n) is 3.70. The van der Waals surface area contributed by atoms with E-state index in [1.165, 1.54) is 0 Å². The second-order valence-corrected chi connectivity index (χ2v) is 9.36. The summed E-state index contributed by atoms with van der Waals surface area (Å²) in [6.07, 6.45) is 4.99. The van der Waals surface area contributed by atoms with Crippen LogP contribution in [0.2, 0.25) is 0 Å². The summed E-state index contributed by atoms with van der Waals surface area (Å²) in [5.74, 6) is -0.249. The Morgan fingerprint density at radius 2 is 1.88 bits per heavy atom. The molecule has 160 valence electrons. The van der Waals surface area contributed by atoms with Gasteiger partial charge in [-0.2, -0.15) is 5.10 Å². The van der Waals surface area contributed by atoms with Gasteiger partial charge in [-0.1, -0.05) is 24.3 Å². The topological polar surface area (TPSA) is 110 Å². The first-order valence-electron chi connectivity index (χ1n) is 9.89. The number of aryl methyl sites for hydroxylation is 1. The number of nitrogens with zero attached hydrogens (tertiary/aromatic N) is 3. The Bertz CT molecular complexity index is 1530. The quantitative estimate of drug-likeness (QED) is 0.432. The molecule has 0 fully saturated rings. The number of amides is 1. The standard InChI is InChI=1S/C23H19N5O3S/c1-28-22-16(14-26-28)3-2-4-21(22)32(30,31)18-7-5-15(6-8-18)12-25-23(29)20-11-17-13-24-10-9-19(17)27-20/h2-11,13-14,27H,12H2,1H3,(H,25,29). The first-order valence-corrected chi connectivity index (χ1v) is 11.4. The van der Waals surface area contributed by atoms with E-state index in [0.717, 1.165) is 21.9 Å². The van der Waals surface area contributed by atoms with E-state index in [4.69, 9.17) is 0 Å². The van der Waals surface area contributed by atoms with E-state index in [1.54, 1.807) is 78.9 Å². The van der Waals surface area contributed by atoms with Crippen molar-refractivity contribution in [3.8, 4) is 0 Å². The number of aromatic nitrogens is 4. The summed E-state index contributed by atoms with van der Waals surface area (Å²) in [5, 5.41) is 8.63. The average molecular weight is 446 g/mol. The van der Waals surface area contributed by atoms with Crippen LogP contribution < -0.4 is 5.32 Å². The van der Waals surface area contributed by atoms with Gasteiger partial charge in [0.15, 0.2) is 0 Å². The molecule has 0 bridgehead atoms. The Hall–Kier alpha value is -3.98. The van der Waals surface area contributed by atoms with Crippen molar-refractivity contribution in [2.45, 2.75) is 16.3 Å². The fraction of sp³-hybridized carbons (Fsp3) is 0.0870. The predicted octanol–water partition coefficient (Wildman–Crippen LogP) is 3.21. The van der Waals surface area contributed by atoms with Gasteiger partial charge in [-0.05, 0) is 35.9 Å². The summed E-state index contributed by atoms with van der Waals surface area (Å²) in [7, 11) is -2.00. The van der Waals surface area contributed by atoms with Crippen LogP contribution in [0.3, 0.4) is 0 Å². The van der Waals surface area contributed by atoms with Crippen molar-refractivity contribution in [2.24, 2.45) is 7.05 Å². The van der Waals surface area contributed by atoms with Gasteiger partial charge in [0.05, 0.1) is 21.5 Å². The smallest absolute Gasteiger partial charge is 0.267 e. The first-order chi connectivity index (χ1) is 15.4. The summed E-state index contributed by atoms with van der Waals surface area (Å²) >= 11 is 0. The van der Waals surface area contributed by atoms with Crippen molar-refractivity contribution in [3.63, 3.8) is 0 Å². The van der Waals surface area contributed by atoms with Crippen LogP contribution in [0.1, 0.15) is 16.1 Å². The van der Waals surface area contributed by atoms with Gasteiger partial charge in [0, 0.05) is 42.3 Å². The van der Waals surface area contributed by atoms with Crippen LogP contribution >= 0.6 is 0 Å². The largest absolute Gasteiger partial charge is 0.350 e. The monoisotopic (exact) mass is 445 g/mol. The number of rotatable bonds is 5. The molecule has 1 amide bonds. The molecule has 3 heterocycles. The van der Waals surface area contributed by atoms with E-state index < -0.39 is 9.84 Å². The summed E-state index contributed by atoms with van der Waals surface area (Å²) in [6.45, 7) is 0.268. The number of aromatic amines is 1. The molecule has 0 spiro atoms. The molecule has 32 heavy (non-hydrogen) atoms. The van der Waals surface area contributed by atoms with Gasteiger partial charge in [-0.3, -0.25) is 14.5 Å². The highest BCUT2D eigenvalue weighted by molar-refractivity contribution is 7.91. The minimum atomic E-state index is -3.72. The van der Waals surface area contributed by atoms with E-state index in [0.29, 0.717) is 11.2 Å². The molecule has 0 saturated heterocycles. The van der Waals surface area contributed by atoms with Crippen LogP contribution in [-0.2, 0) is 23.4 Å². The Balaban J connectivity index is 1.34. The zero-order valence-electron chi connectivity index (χ0n) is 17.1. The van der Waals surface area contributed by atoms with Gasteiger partial charge in [-0.25, -0.2) is 8.42 Å². The number of hydrogen-bond acceptors (Lipinski definition) is 5. The van der Waals surface area contributed by atoms with Crippen LogP contribution in [0.4, 0.5) is 0 Å². The third-order valence-electron chi connectivity index (χ3n) is 5.37. The van der Waals surface area contributed by atoms with Gasteiger partial charge in [-0.15, -0.1) is 0 Å². The number of fused-ring (bicyclic) bond motifs is 2. The molecule has 8 nitrogen and oxygen atoms in total. The molecule has 3 aromatic heterocycles. The first kappa shape index (κ1) is 20.0. The van der Waals surface area contributed by atoms with E-state index >= 15 is 0 Å². The molecule has 9 heteroatoms. The number of carbonyl (C=O) groups is 1. The lowest BCUT2D eigenvalue weighted by atomic mass is 10.2. The highest BCUT2D eigenvalue weighted by Crippen LogP contribution is 2.28. The summed E-state index contributed by atoms with van der Waals surface area (Å²) in [6, 6.07) is 15.2. The lowest BCUT2D eigenvalue weighted by molar-refractivity contribution is 0.0946. The zero-order chi connectivity index (χ0) is 22.3. The van der Waals surface area contributed by atoms with Crippen LogP contribution in [-0.4, -0.2) is 34.1 Å². The number of H-pyrrole nitrogens is 1. The lowest BCUT2D eigenvalue weighted by Crippen LogP contribution is -2.23. The Labute approximate surface area is 183 Å². The van der Waals surface area contributed by atoms with Crippen LogP contribution in [0, 0.1) is 0 Å². The molecule has 0 atom stereocenters. The number of nitrogens with one attached hydrogen (secondary N) is 2. The van der Waals surface area contributed by atoms with Crippen molar-refractivity contribution < 1.29 is 13.2 Å².